The van der Waals surface area contributed by atoms with E-state index in [0.29, 0.717) is 22.7 Å². The second-order valence-electron chi connectivity index (χ2n) is 7.44. The predicted octanol–water partition coefficient (Wildman–Crippen LogP) is 2.77. The molecule has 162 valence electrons. The van der Waals surface area contributed by atoms with Crippen LogP contribution in [0.3, 0.4) is 0 Å². The molecule has 1 aliphatic heterocycles. The summed E-state index contributed by atoms with van der Waals surface area (Å²) in [6, 6.07) is 7.50. The Morgan fingerprint density at radius 3 is 2.43 bits per heavy atom. The Bertz CT molecular complexity index is 1020. The molecule has 1 aromatic heterocycles. The Labute approximate surface area is 180 Å². The molecule has 1 unspecified atom stereocenters. The first-order chi connectivity index (χ1) is 14.2. The first kappa shape index (κ1) is 22.4. The molecule has 2 aromatic rings. The van der Waals surface area contributed by atoms with Crippen molar-refractivity contribution in [1.82, 2.24) is 14.7 Å². The smallest absolute Gasteiger partial charge is 0.268 e. The van der Waals surface area contributed by atoms with Crippen molar-refractivity contribution in [3.8, 4) is 0 Å². The van der Waals surface area contributed by atoms with Crippen LogP contribution in [0.4, 0.5) is 5.00 Å². The van der Waals surface area contributed by atoms with Crippen LogP contribution in [0.25, 0.3) is 0 Å². The number of hydrazine groups is 1. The van der Waals surface area contributed by atoms with Gasteiger partial charge in [0.05, 0.1) is 10.5 Å². The predicted molar refractivity (Wildman–Crippen MR) is 117 cm³/mol. The third kappa shape index (κ3) is 4.89. The van der Waals surface area contributed by atoms with Crippen molar-refractivity contribution in [3.05, 3.63) is 46.8 Å². The van der Waals surface area contributed by atoms with Crippen molar-refractivity contribution < 1.29 is 18.0 Å². The van der Waals surface area contributed by atoms with Crippen molar-refractivity contribution in [2.24, 2.45) is 0 Å². The number of thiophene rings is 1. The first-order valence-electron chi connectivity index (χ1n) is 9.69. The van der Waals surface area contributed by atoms with E-state index >= 15 is 0 Å². The second kappa shape index (κ2) is 9.25. The van der Waals surface area contributed by atoms with Gasteiger partial charge in [0, 0.05) is 32.2 Å². The molecule has 30 heavy (non-hydrogen) atoms. The van der Waals surface area contributed by atoms with Crippen LogP contribution >= 0.6 is 11.3 Å². The molecule has 0 radical (unpaired) electrons. The molecule has 10 heteroatoms. The van der Waals surface area contributed by atoms with E-state index in [4.69, 9.17) is 0 Å². The number of amides is 2. The van der Waals surface area contributed by atoms with Gasteiger partial charge in [0.2, 0.25) is 10.0 Å². The number of benzene rings is 1. The largest absolute Gasteiger partial charge is 0.313 e. The number of carbonyl (C=O) groups excluding carboxylic acids is 2. The molecule has 1 saturated heterocycles. The van der Waals surface area contributed by atoms with Crippen molar-refractivity contribution >= 4 is 38.2 Å². The van der Waals surface area contributed by atoms with Gasteiger partial charge in [-0.1, -0.05) is 6.42 Å². The fourth-order valence-electron chi connectivity index (χ4n) is 3.37. The molecular weight excluding hydrogens is 424 g/mol. The monoisotopic (exact) mass is 450 g/mol. The first-order valence-corrected chi connectivity index (χ1v) is 12.0. The number of carbonyl (C=O) groups is 2. The van der Waals surface area contributed by atoms with Crippen LogP contribution in [0.15, 0.2) is 40.6 Å². The number of anilines is 1. The molecule has 0 saturated carbocycles. The summed E-state index contributed by atoms with van der Waals surface area (Å²) in [5.74, 6) is -0.736. The minimum atomic E-state index is -3.59. The molecule has 0 spiro atoms. The fraction of sp³-hybridized carbons (Fsp3) is 0.400. The van der Waals surface area contributed by atoms with Gasteiger partial charge in [-0.25, -0.2) is 13.4 Å². The summed E-state index contributed by atoms with van der Waals surface area (Å²) in [5, 5.41) is 6.40. The molecule has 8 nitrogen and oxygen atoms in total. The molecule has 1 atom stereocenters. The van der Waals surface area contributed by atoms with Crippen molar-refractivity contribution in [2.75, 3.05) is 26.0 Å². The number of sulfonamides is 1. The third-order valence-corrected chi connectivity index (χ3v) is 7.78. The summed E-state index contributed by atoms with van der Waals surface area (Å²) in [7, 11) is -0.193. The Morgan fingerprint density at radius 1 is 1.10 bits per heavy atom. The van der Waals surface area contributed by atoms with Gasteiger partial charge in [0.15, 0.2) is 0 Å². The van der Waals surface area contributed by atoms with E-state index in [2.05, 4.69) is 10.7 Å². The minimum absolute atomic E-state index is 0.0303. The second-order valence-corrected chi connectivity index (χ2v) is 10.2. The average molecular weight is 451 g/mol. The molecule has 0 bridgehead atoms. The van der Waals surface area contributed by atoms with Crippen molar-refractivity contribution in [3.63, 3.8) is 0 Å². The zero-order valence-electron chi connectivity index (χ0n) is 17.2. The zero-order chi connectivity index (χ0) is 21.9. The van der Waals surface area contributed by atoms with Gasteiger partial charge in [-0.3, -0.25) is 15.0 Å². The van der Waals surface area contributed by atoms with Crippen LogP contribution in [-0.4, -0.2) is 56.2 Å². The third-order valence-electron chi connectivity index (χ3n) is 4.93. The van der Waals surface area contributed by atoms with E-state index in [-0.39, 0.29) is 16.8 Å². The lowest BCUT2D eigenvalue weighted by atomic mass is 10.1. The normalized spacial score (nSPS) is 17.7. The maximum atomic E-state index is 12.9. The highest BCUT2D eigenvalue weighted by atomic mass is 32.2. The van der Waals surface area contributed by atoms with Gasteiger partial charge in [0.1, 0.15) is 5.00 Å². The molecule has 0 aliphatic carbocycles. The summed E-state index contributed by atoms with van der Waals surface area (Å²) in [4.78, 5) is 25.0. The fourth-order valence-corrected chi connectivity index (χ4v) is 5.84. The maximum Gasteiger partial charge on any atom is 0.268 e. The standard InChI is InChI=1S/C20H26N4O4S2/c1-14-6-4-5-12-24(14)30(27,28)16-9-7-15(8-10-16)18(25)21-20-17(11-13-29-20)19(26)22-23(2)3/h7-11,13-14H,4-6,12H2,1-3H3,(H,21,25)(H,22,26). The van der Waals surface area contributed by atoms with Gasteiger partial charge < -0.3 is 5.32 Å². The quantitative estimate of drug-likeness (QED) is 0.660. The topological polar surface area (TPSA) is 98.8 Å². The highest BCUT2D eigenvalue weighted by Gasteiger charge is 2.31. The summed E-state index contributed by atoms with van der Waals surface area (Å²) >= 11 is 1.24. The summed E-state index contributed by atoms with van der Waals surface area (Å²) in [6.07, 6.45) is 2.74. The highest BCUT2D eigenvalue weighted by Crippen LogP contribution is 2.26. The summed E-state index contributed by atoms with van der Waals surface area (Å²) in [6.45, 7) is 2.44. The lowest BCUT2D eigenvalue weighted by molar-refractivity contribution is 0.0858. The molecule has 3 rings (SSSR count). The summed E-state index contributed by atoms with van der Waals surface area (Å²) < 4.78 is 27.4. The van der Waals surface area contributed by atoms with E-state index in [0.717, 1.165) is 19.3 Å². The van der Waals surface area contributed by atoms with Gasteiger partial charge >= 0.3 is 0 Å². The minimum Gasteiger partial charge on any atom is -0.313 e. The van der Waals surface area contributed by atoms with Crippen LogP contribution in [0, 0.1) is 0 Å². The zero-order valence-corrected chi connectivity index (χ0v) is 18.8. The molecule has 1 fully saturated rings. The Hall–Kier alpha value is -2.27. The molecule has 1 aliphatic rings. The number of hydrogen-bond acceptors (Lipinski definition) is 6. The van der Waals surface area contributed by atoms with E-state index in [1.165, 1.54) is 44.9 Å². The van der Waals surface area contributed by atoms with Crippen LogP contribution in [0.2, 0.25) is 0 Å². The Balaban J connectivity index is 1.73. The Kier molecular flexibility index (Phi) is 6.91. The number of piperidine rings is 1. The van der Waals surface area contributed by atoms with E-state index in [1.54, 1.807) is 25.5 Å². The van der Waals surface area contributed by atoms with Crippen LogP contribution < -0.4 is 10.7 Å². The molecule has 1 aromatic carbocycles. The maximum absolute atomic E-state index is 12.9. The van der Waals surface area contributed by atoms with Crippen LogP contribution in [0.5, 0.6) is 0 Å². The van der Waals surface area contributed by atoms with Crippen molar-refractivity contribution in [1.29, 1.82) is 0 Å². The molecular formula is C20H26N4O4S2. The van der Waals surface area contributed by atoms with Gasteiger partial charge in [-0.05, 0) is 55.5 Å². The molecule has 2 heterocycles. The average Bonchev–Trinajstić information content (AvgIpc) is 3.16. The lowest BCUT2D eigenvalue weighted by Gasteiger charge is -2.32. The number of nitrogens with zero attached hydrogens (tertiary/aromatic N) is 2. The van der Waals surface area contributed by atoms with Gasteiger partial charge in [-0.2, -0.15) is 4.31 Å². The van der Waals surface area contributed by atoms with Gasteiger partial charge in [0.25, 0.3) is 11.8 Å². The van der Waals surface area contributed by atoms with E-state index in [1.807, 2.05) is 6.92 Å². The van der Waals surface area contributed by atoms with Crippen LogP contribution in [0.1, 0.15) is 46.9 Å². The number of nitrogens with one attached hydrogen (secondary N) is 2. The number of hydrogen-bond donors (Lipinski definition) is 2. The SMILES string of the molecule is CC1CCCCN1S(=O)(=O)c1ccc(C(=O)Nc2sccc2C(=O)NN(C)C)cc1. The molecule has 2 N–H and O–H groups in total. The molecule has 2 amide bonds. The Morgan fingerprint density at radius 2 is 1.80 bits per heavy atom. The van der Waals surface area contributed by atoms with Crippen LogP contribution in [-0.2, 0) is 10.0 Å². The van der Waals surface area contributed by atoms with E-state index < -0.39 is 15.9 Å². The lowest BCUT2D eigenvalue weighted by Crippen LogP contribution is -2.41. The summed E-state index contributed by atoms with van der Waals surface area (Å²) in [5.41, 5.74) is 3.31. The van der Waals surface area contributed by atoms with Crippen molar-refractivity contribution in [2.45, 2.75) is 37.1 Å². The number of rotatable bonds is 6. The highest BCUT2D eigenvalue weighted by molar-refractivity contribution is 7.89. The van der Waals surface area contributed by atoms with Gasteiger partial charge in [-0.15, -0.1) is 11.3 Å². The van der Waals surface area contributed by atoms with E-state index in [9.17, 15) is 18.0 Å².